The fourth-order valence-electron chi connectivity index (χ4n) is 2.22. The molecule has 0 amide bonds. The highest BCUT2D eigenvalue weighted by molar-refractivity contribution is 6.05. The summed E-state index contributed by atoms with van der Waals surface area (Å²) in [5.74, 6) is -2.19. The highest BCUT2D eigenvalue weighted by Crippen LogP contribution is 2.11. The van der Waals surface area contributed by atoms with Crippen LogP contribution in [0.5, 0.6) is 0 Å². The molecule has 2 rings (SSSR count). The van der Waals surface area contributed by atoms with Crippen LogP contribution in [0.4, 0.5) is 0 Å². The first-order valence-corrected chi connectivity index (χ1v) is 7.97. The Kier molecular flexibility index (Phi) is 6.52. The van der Waals surface area contributed by atoms with E-state index in [-0.39, 0.29) is 6.61 Å². The van der Waals surface area contributed by atoms with E-state index in [4.69, 9.17) is 5.26 Å². The molecule has 26 heavy (non-hydrogen) atoms. The van der Waals surface area contributed by atoms with Crippen LogP contribution in [0.2, 0.25) is 0 Å². The number of aliphatic hydroxyl groups excluding tert-OH is 1. The van der Waals surface area contributed by atoms with Crippen molar-refractivity contribution in [3.05, 3.63) is 77.3 Å². The van der Waals surface area contributed by atoms with Crippen molar-refractivity contribution in [3.8, 4) is 6.07 Å². The van der Waals surface area contributed by atoms with E-state index in [1.165, 1.54) is 6.08 Å². The highest BCUT2D eigenvalue weighted by atomic mass is 16.5. The summed E-state index contributed by atoms with van der Waals surface area (Å²) in [5, 5.41) is 18.3. The van der Waals surface area contributed by atoms with Gasteiger partial charge in [-0.3, -0.25) is 4.79 Å². The van der Waals surface area contributed by atoms with Gasteiger partial charge in [0, 0.05) is 24.5 Å². The molecular formula is C20H18N2O4. The van der Waals surface area contributed by atoms with Crippen LogP contribution in [0.3, 0.4) is 0 Å². The van der Waals surface area contributed by atoms with E-state index >= 15 is 0 Å². The number of ether oxygens (including phenoxy) is 1. The van der Waals surface area contributed by atoms with E-state index in [0.717, 1.165) is 17.3 Å². The third-order valence-corrected chi connectivity index (χ3v) is 3.48. The third-order valence-electron chi connectivity index (χ3n) is 3.48. The van der Waals surface area contributed by atoms with Gasteiger partial charge in [0.1, 0.15) is 0 Å². The second kappa shape index (κ2) is 9.04. The number of hydrogen-bond acceptors (Lipinski definition) is 5. The number of nitrogens with zero attached hydrogens (tertiary/aromatic N) is 2. The van der Waals surface area contributed by atoms with Gasteiger partial charge in [-0.1, -0.05) is 12.1 Å². The Hall–Kier alpha value is -3.59. The van der Waals surface area contributed by atoms with Crippen LogP contribution in [0.1, 0.15) is 23.7 Å². The molecule has 0 fully saturated rings. The van der Waals surface area contributed by atoms with Gasteiger partial charge in [0.25, 0.3) is 0 Å². The standard InChI is InChI=1S/C20H18N2O4/c1-2-26-20(25)19(24)12-18(23)10-9-17-4-3-11-22(17)14-16-7-5-15(13-21)6-8-16/h3-12,24H,2,14H2,1H3/b10-9+,19-12-. The number of aromatic nitrogens is 1. The predicted octanol–water partition coefficient (Wildman–Crippen LogP) is 3.00. The van der Waals surface area contributed by atoms with Gasteiger partial charge < -0.3 is 14.4 Å². The van der Waals surface area contributed by atoms with Gasteiger partial charge >= 0.3 is 5.97 Å². The average molecular weight is 350 g/mol. The van der Waals surface area contributed by atoms with Gasteiger partial charge in [-0.2, -0.15) is 5.26 Å². The maximum atomic E-state index is 11.8. The number of allylic oxidation sites excluding steroid dienone is 2. The van der Waals surface area contributed by atoms with Crippen LogP contribution in [0.15, 0.2) is 60.5 Å². The minimum absolute atomic E-state index is 0.115. The van der Waals surface area contributed by atoms with Crippen LogP contribution in [-0.2, 0) is 20.9 Å². The van der Waals surface area contributed by atoms with E-state index in [0.29, 0.717) is 12.1 Å². The number of carbonyl (C=O) groups is 2. The molecule has 0 saturated carbocycles. The van der Waals surface area contributed by atoms with E-state index in [2.05, 4.69) is 10.8 Å². The van der Waals surface area contributed by atoms with Crippen molar-refractivity contribution in [2.45, 2.75) is 13.5 Å². The zero-order valence-corrected chi connectivity index (χ0v) is 14.3. The normalized spacial score (nSPS) is 11.3. The van der Waals surface area contributed by atoms with Crippen molar-refractivity contribution in [1.82, 2.24) is 4.57 Å². The first kappa shape index (κ1) is 18.7. The summed E-state index contributed by atoms with van der Waals surface area (Å²) in [7, 11) is 0. The second-order valence-corrected chi connectivity index (χ2v) is 5.36. The van der Waals surface area contributed by atoms with Crippen LogP contribution in [-0.4, -0.2) is 28.0 Å². The molecule has 0 aliphatic heterocycles. The zero-order chi connectivity index (χ0) is 18.9. The molecule has 0 radical (unpaired) electrons. The Morgan fingerprint density at radius 2 is 2.00 bits per heavy atom. The predicted molar refractivity (Wildman–Crippen MR) is 96.1 cm³/mol. The monoisotopic (exact) mass is 350 g/mol. The molecule has 1 heterocycles. The Morgan fingerprint density at radius 1 is 1.27 bits per heavy atom. The number of carbonyl (C=O) groups excluding carboxylic acids is 2. The summed E-state index contributed by atoms with van der Waals surface area (Å²) in [6, 6.07) is 13.0. The highest BCUT2D eigenvalue weighted by Gasteiger charge is 2.09. The maximum Gasteiger partial charge on any atom is 0.373 e. The summed E-state index contributed by atoms with van der Waals surface area (Å²) < 4.78 is 6.53. The molecule has 1 N–H and O–H groups in total. The lowest BCUT2D eigenvalue weighted by Crippen LogP contribution is -2.08. The third kappa shape index (κ3) is 5.21. The lowest BCUT2D eigenvalue weighted by molar-refractivity contribution is -0.141. The summed E-state index contributed by atoms with van der Waals surface area (Å²) in [5.41, 5.74) is 2.40. The zero-order valence-electron chi connectivity index (χ0n) is 14.3. The molecule has 0 aliphatic carbocycles. The van der Waals surface area contributed by atoms with Crippen LogP contribution >= 0.6 is 0 Å². The van der Waals surface area contributed by atoms with E-state index in [9.17, 15) is 14.7 Å². The number of hydrogen-bond donors (Lipinski definition) is 1. The van der Waals surface area contributed by atoms with Gasteiger partial charge in [0.15, 0.2) is 5.78 Å². The molecular weight excluding hydrogens is 332 g/mol. The molecule has 6 heteroatoms. The Balaban J connectivity index is 2.06. The summed E-state index contributed by atoms with van der Waals surface area (Å²) in [6.45, 7) is 2.30. The molecule has 0 bridgehead atoms. The minimum Gasteiger partial charge on any atom is -0.502 e. The number of esters is 1. The minimum atomic E-state index is -0.932. The molecule has 2 aromatic rings. The van der Waals surface area contributed by atoms with E-state index in [1.807, 2.05) is 35.0 Å². The molecule has 1 aromatic carbocycles. The number of rotatable bonds is 7. The fourth-order valence-corrected chi connectivity index (χ4v) is 2.22. The quantitative estimate of drug-likeness (QED) is 0.471. The second-order valence-electron chi connectivity index (χ2n) is 5.36. The topological polar surface area (TPSA) is 92.3 Å². The summed E-state index contributed by atoms with van der Waals surface area (Å²) in [6.07, 6.45) is 5.55. The Morgan fingerprint density at radius 3 is 2.65 bits per heavy atom. The van der Waals surface area contributed by atoms with Gasteiger partial charge in [-0.25, -0.2) is 4.79 Å². The molecule has 0 atom stereocenters. The van der Waals surface area contributed by atoms with Gasteiger partial charge in [-0.05, 0) is 48.9 Å². The van der Waals surface area contributed by atoms with Gasteiger partial charge in [0.2, 0.25) is 5.76 Å². The van der Waals surface area contributed by atoms with Crippen molar-refractivity contribution in [2.75, 3.05) is 6.61 Å². The molecule has 1 aromatic heterocycles. The van der Waals surface area contributed by atoms with Crippen molar-refractivity contribution >= 4 is 17.8 Å². The molecule has 132 valence electrons. The van der Waals surface area contributed by atoms with E-state index in [1.54, 1.807) is 25.1 Å². The number of ketones is 1. The number of nitriles is 1. The van der Waals surface area contributed by atoms with Crippen molar-refractivity contribution < 1.29 is 19.4 Å². The molecule has 0 spiro atoms. The van der Waals surface area contributed by atoms with Crippen LogP contribution in [0.25, 0.3) is 6.08 Å². The first-order valence-electron chi connectivity index (χ1n) is 7.97. The van der Waals surface area contributed by atoms with Crippen LogP contribution < -0.4 is 0 Å². The largest absolute Gasteiger partial charge is 0.502 e. The van der Waals surface area contributed by atoms with Crippen LogP contribution in [0, 0.1) is 11.3 Å². The van der Waals surface area contributed by atoms with E-state index < -0.39 is 17.5 Å². The smallest absolute Gasteiger partial charge is 0.373 e. The fraction of sp³-hybridized carbons (Fsp3) is 0.150. The summed E-state index contributed by atoms with van der Waals surface area (Å²) >= 11 is 0. The SMILES string of the molecule is CCOC(=O)/C(O)=C/C(=O)/C=C/c1cccn1Cc1ccc(C#N)cc1. The van der Waals surface area contributed by atoms with Gasteiger partial charge in [0.05, 0.1) is 18.2 Å². The first-order chi connectivity index (χ1) is 12.5. The molecule has 0 saturated heterocycles. The lowest BCUT2D eigenvalue weighted by atomic mass is 10.1. The molecule has 0 unspecified atom stereocenters. The van der Waals surface area contributed by atoms with Crippen molar-refractivity contribution in [1.29, 1.82) is 5.26 Å². The number of benzene rings is 1. The average Bonchev–Trinajstić information content (AvgIpc) is 3.07. The molecule has 0 aliphatic rings. The summed E-state index contributed by atoms with van der Waals surface area (Å²) in [4.78, 5) is 23.1. The van der Waals surface area contributed by atoms with Gasteiger partial charge in [-0.15, -0.1) is 0 Å². The Bertz CT molecular complexity index is 883. The Labute approximate surface area is 151 Å². The molecule has 6 nitrogen and oxygen atoms in total. The number of aliphatic hydroxyl groups is 1. The van der Waals surface area contributed by atoms with Crippen molar-refractivity contribution in [3.63, 3.8) is 0 Å². The maximum absolute atomic E-state index is 11.8. The van der Waals surface area contributed by atoms with Crippen molar-refractivity contribution in [2.24, 2.45) is 0 Å². The lowest BCUT2D eigenvalue weighted by Gasteiger charge is -2.06.